The Morgan fingerprint density at radius 1 is 0.909 bits per heavy atom. The van der Waals surface area contributed by atoms with E-state index >= 15 is 0 Å². The smallest absolute Gasteiger partial charge is 0.416 e. The first-order valence-electron chi connectivity index (χ1n) is 13.9. The molecule has 3 heterocycles. The highest BCUT2D eigenvalue weighted by molar-refractivity contribution is 6.02. The van der Waals surface area contributed by atoms with Gasteiger partial charge in [-0.2, -0.15) is 31.3 Å². The van der Waals surface area contributed by atoms with Crippen LogP contribution in [0.4, 0.5) is 32.3 Å². The molecule has 0 saturated carbocycles. The van der Waals surface area contributed by atoms with Crippen LogP contribution < -0.4 is 9.64 Å². The molecule has 3 aromatic rings. The number of hydrogen-bond donors (Lipinski definition) is 0. The lowest BCUT2D eigenvalue weighted by Crippen LogP contribution is -2.48. The lowest BCUT2D eigenvalue weighted by Gasteiger charge is -2.35. The van der Waals surface area contributed by atoms with Crippen molar-refractivity contribution >= 4 is 17.8 Å². The molecule has 1 fully saturated rings. The van der Waals surface area contributed by atoms with Crippen molar-refractivity contribution in [1.29, 1.82) is 0 Å². The Morgan fingerprint density at radius 2 is 1.55 bits per heavy atom. The number of anilines is 1. The van der Waals surface area contributed by atoms with Crippen molar-refractivity contribution in [3.8, 4) is 17.1 Å². The fourth-order valence-corrected chi connectivity index (χ4v) is 5.29. The molecule has 44 heavy (non-hydrogen) atoms. The Hall–Kier alpha value is -4.36. The van der Waals surface area contributed by atoms with Gasteiger partial charge in [0.1, 0.15) is 5.56 Å². The Morgan fingerprint density at radius 3 is 2.14 bits per heavy atom. The van der Waals surface area contributed by atoms with Gasteiger partial charge in [0.05, 0.1) is 23.4 Å². The minimum atomic E-state index is -5.02. The first kappa shape index (κ1) is 31.1. The maximum Gasteiger partial charge on any atom is 0.416 e. The Bertz CT molecular complexity index is 1540. The van der Waals surface area contributed by atoms with Crippen LogP contribution in [0.5, 0.6) is 5.88 Å². The molecule has 234 valence electrons. The summed E-state index contributed by atoms with van der Waals surface area (Å²) >= 11 is 0. The maximum absolute atomic E-state index is 14.1. The zero-order valence-electron chi connectivity index (χ0n) is 23.9. The van der Waals surface area contributed by atoms with Crippen molar-refractivity contribution in [2.45, 2.75) is 39.2 Å². The number of nitrogens with zero attached hydrogens (tertiary/aromatic N) is 5. The molecular formula is C30H29F6N5O3. The Balaban J connectivity index is 1.58. The van der Waals surface area contributed by atoms with E-state index in [9.17, 15) is 35.9 Å². The van der Waals surface area contributed by atoms with E-state index in [4.69, 9.17) is 9.72 Å². The molecule has 0 bridgehead atoms. The van der Waals surface area contributed by atoms with Crippen LogP contribution in [0.25, 0.3) is 11.3 Å². The first-order chi connectivity index (χ1) is 20.7. The van der Waals surface area contributed by atoms with Gasteiger partial charge in [-0.1, -0.05) is 24.3 Å². The Kier molecular flexibility index (Phi) is 8.45. The van der Waals surface area contributed by atoms with Gasteiger partial charge in [-0.05, 0) is 42.7 Å². The van der Waals surface area contributed by atoms with Gasteiger partial charge in [0, 0.05) is 51.8 Å². The van der Waals surface area contributed by atoms with E-state index in [-0.39, 0.29) is 60.2 Å². The molecule has 2 aromatic carbocycles. The van der Waals surface area contributed by atoms with Crippen LogP contribution in [0.3, 0.4) is 0 Å². The summed E-state index contributed by atoms with van der Waals surface area (Å²) in [6.07, 6.45) is -9.78. The van der Waals surface area contributed by atoms with Crippen LogP contribution >= 0.6 is 0 Å². The Labute approximate surface area is 249 Å². The van der Waals surface area contributed by atoms with Crippen LogP contribution in [-0.4, -0.2) is 70.9 Å². The number of halogens is 6. The predicted octanol–water partition coefficient (Wildman–Crippen LogP) is 5.58. The standard InChI is InChI=1S/C30H29F6N5O3/c1-18-6-3-4-7-23(18)25-24-26(38-28(37-25)40-11-9-39(10-12-40)19(2)42)44-13-5-8-41(27(24)43)17-20-14-21(29(31,32)33)16-22(15-20)30(34,35)36/h3-4,6-7,14-16H,5,8-13,17H2,1-2H3. The molecule has 8 nitrogen and oxygen atoms in total. The number of benzene rings is 2. The summed E-state index contributed by atoms with van der Waals surface area (Å²) in [7, 11) is 0. The van der Waals surface area contributed by atoms with Crippen molar-refractivity contribution in [3.63, 3.8) is 0 Å². The summed E-state index contributed by atoms with van der Waals surface area (Å²) in [5.41, 5.74) is -1.67. The maximum atomic E-state index is 14.1. The van der Waals surface area contributed by atoms with Gasteiger partial charge in [0.15, 0.2) is 0 Å². The number of carbonyl (C=O) groups excluding carboxylic acids is 2. The number of aryl methyl sites for hydroxylation is 1. The second-order valence-corrected chi connectivity index (χ2v) is 10.7. The number of alkyl halides is 6. The van der Waals surface area contributed by atoms with Crippen LogP contribution in [0, 0.1) is 6.92 Å². The predicted molar refractivity (Wildman–Crippen MR) is 148 cm³/mol. The molecule has 0 atom stereocenters. The fraction of sp³-hybridized carbons (Fsp3) is 0.400. The van der Waals surface area contributed by atoms with Crippen LogP contribution in [0.15, 0.2) is 42.5 Å². The molecule has 0 radical (unpaired) electrons. The van der Waals surface area contributed by atoms with E-state index < -0.39 is 35.9 Å². The third kappa shape index (κ3) is 6.58. The molecule has 5 rings (SSSR count). The van der Waals surface area contributed by atoms with Gasteiger partial charge in [-0.15, -0.1) is 0 Å². The third-order valence-electron chi connectivity index (χ3n) is 7.61. The second kappa shape index (κ2) is 12.0. The number of amides is 2. The number of ether oxygens (including phenoxy) is 1. The lowest BCUT2D eigenvalue weighted by atomic mass is 10.00. The van der Waals surface area contributed by atoms with E-state index in [1.54, 1.807) is 17.0 Å². The van der Waals surface area contributed by atoms with E-state index in [0.717, 1.165) is 5.56 Å². The number of rotatable bonds is 4. The number of carbonyl (C=O) groups is 2. The molecule has 14 heteroatoms. The number of fused-ring (bicyclic) bond motifs is 1. The van der Waals surface area contributed by atoms with Crippen molar-refractivity contribution < 1.29 is 40.7 Å². The van der Waals surface area contributed by atoms with Gasteiger partial charge in [-0.25, -0.2) is 4.98 Å². The van der Waals surface area contributed by atoms with Gasteiger partial charge >= 0.3 is 12.4 Å². The zero-order valence-corrected chi connectivity index (χ0v) is 23.9. The minimum absolute atomic E-state index is 0.0117. The molecule has 0 N–H and O–H groups in total. The van der Waals surface area contributed by atoms with E-state index in [1.807, 2.05) is 24.0 Å². The monoisotopic (exact) mass is 621 g/mol. The van der Waals surface area contributed by atoms with Gasteiger partial charge in [0.2, 0.25) is 17.7 Å². The van der Waals surface area contributed by atoms with Crippen LogP contribution in [0.2, 0.25) is 0 Å². The average molecular weight is 622 g/mol. The molecule has 0 spiro atoms. The highest BCUT2D eigenvalue weighted by Crippen LogP contribution is 2.38. The molecule has 1 saturated heterocycles. The second-order valence-electron chi connectivity index (χ2n) is 10.7. The van der Waals surface area contributed by atoms with E-state index in [2.05, 4.69) is 4.98 Å². The minimum Gasteiger partial charge on any atom is -0.477 e. The third-order valence-corrected chi connectivity index (χ3v) is 7.61. The van der Waals surface area contributed by atoms with Crippen molar-refractivity contribution in [1.82, 2.24) is 19.8 Å². The normalized spacial score (nSPS) is 16.3. The topological polar surface area (TPSA) is 78.9 Å². The highest BCUT2D eigenvalue weighted by atomic mass is 19.4. The lowest BCUT2D eigenvalue weighted by molar-refractivity contribution is -0.143. The summed E-state index contributed by atoms with van der Waals surface area (Å²) in [5, 5.41) is 0. The number of piperazine rings is 1. The largest absolute Gasteiger partial charge is 0.477 e. The van der Waals surface area contributed by atoms with Crippen LogP contribution in [0.1, 0.15) is 46.0 Å². The quantitative estimate of drug-likeness (QED) is 0.354. The summed E-state index contributed by atoms with van der Waals surface area (Å²) in [6.45, 7) is 4.66. The fourth-order valence-electron chi connectivity index (χ4n) is 5.29. The van der Waals surface area contributed by atoms with Crippen molar-refractivity contribution in [2.24, 2.45) is 0 Å². The molecule has 2 amide bonds. The molecule has 0 aliphatic carbocycles. The molecule has 2 aliphatic rings. The van der Waals surface area contributed by atoms with Crippen LogP contribution in [-0.2, 0) is 23.7 Å². The highest BCUT2D eigenvalue weighted by Gasteiger charge is 2.38. The molecule has 0 unspecified atom stereocenters. The number of aromatic nitrogens is 2. The number of hydrogen-bond acceptors (Lipinski definition) is 6. The molecule has 1 aromatic heterocycles. The van der Waals surface area contributed by atoms with Gasteiger partial charge in [-0.3, -0.25) is 9.59 Å². The SMILES string of the molecule is CC(=O)N1CCN(c2nc3c(c(-c4ccccc4C)n2)C(=O)N(Cc2cc(C(F)(F)F)cc(C(F)(F)F)c2)CCCO3)CC1. The van der Waals surface area contributed by atoms with E-state index in [0.29, 0.717) is 43.9 Å². The zero-order chi connectivity index (χ0) is 31.8. The van der Waals surface area contributed by atoms with Crippen molar-refractivity contribution in [2.75, 3.05) is 44.2 Å². The average Bonchev–Trinajstić information content (AvgIpc) is 2.96. The molecular weight excluding hydrogens is 592 g/mol. The van der Waals surface area contributed by atoms with E-state index in [1.165, 1.54) is 11.8 Å². The van der Waals surface area contributed by atoms with Crippen molar-refractivity contribution in [3.05, 3.63) is 70.3 Å². The summed E-state index contributed by atoms with van der Waals surface area (Å²) < 4.78 is 87.1. The summed E-state index contributed by atoms with van der Waals surface area (Å²) in [4.78, 5) is 40.0. The van der Waals surface area contributed by atoms with Gasteiger partial charge < -0.3 is 19.4 Å². The van der Waals surface area contributed by atoms with Gasteiger partial charge in [0.25, 0.3) is 5.91 Å². The summed E-state index contributed by atoms with van der Waals surface area (Å²) in [5.74, 6) is -0.492. The summed E-state index contributed by atoms with van der Waals surface area (Å²) in [6, 6.07) is 8.46. The first-order valence-corrected chi connectivity index (χ1v) is 13.9. The molecule has 2 aliphatic heterocycles.